The van der Waals surface area contributed by atoms with Gasteiger partial charge >= 0.3 is 0 Å². The third kappa shape index (κ3) is 2.20. The van der Waals surface area contributed by atoms with Crippen molar-refractivity contribution in [2.45, 2.75) is 6.92 Å². The normalized spacial score (nSPS) is 9.17. The summed E-state index contributed by atoms with van der Waals surface area (Å²) >= 11 is 4.97. The molecule has 0 amide bonds. The number of thiocarbonyl (C=S) groups is 1. The van der Waals surface area contributed by atoms with Crippen LogP contribution in [0.2, 0.25) is 0 Å². The Balaban J connectivity index is 2.75. The largest absolute Gasteiger partial charge is 0.366 e. The van der Waals surface area contributed by atoms with E-state index in [1.807, 2.05) is 31.2 Å². The van der Waals surface area contributed by atoms with E-state index in [1.165, 1.54) is 5.56 Å². The third-order valence-corrected chi connectivity index (χ3v) is 1.93. The van der Waals surface area contributed by atoms with Crippen LogP contribution in [0.5, 0.6) is 0 Å². The summed E-state index contributed by atoms with van der Waals surface area (Å²) in [5, 5.41) is 6.58. The monoisotopic (exact) mass is 180 g/mol. The molecule has 0 saturated heterocycles. The Morgan fingerprint density at radius 3 is 2.58 bits per heavy atom. The van der Waals surface area contributed by atoms with Crippen molar-refractivity contribution in [3.8, 4) is 0 Å². The summed E-state index contributed by atoms with van der Waals surface area (Å²) in [6.07, 6.45) is 0. The topological polar surface area (TPSA) is 24.1 Å². The fourth-order valence-electron chi connectivity index (χ4n) is 0.898. The average Bonchev–Trinajstić information content (AvgIpc) is 2.09. The van der Waals surface area contributed by atoms with Crippen molar-refractivity contribution in [2.24, 2.45) is 0 Å². The molecule has 0 aliphatic rings. The molecular formula is C9H12N2S. The summed E-state index contributed by atoms with van der Waals surface area (Å²) in [7, 11) is 1.80. The molecule has 0 fully saturated rings. The van der Waals surface area contributed by atoms with Gasteiger partial charge < -0.3 is 10.6 Å². The zero-order valence-electron chi connectivity index (χ0n) is 7.22. The molecule has 1 aromatic carbocycles. The van der Waals surface area contributed by atoms with E-state index in [1.54, 1.807) is 7.05 Å². The first-order chi connectivity index (χ1) is 5.74. The molecule has 0 heterocycles. The smallest absolute Gasteiger partial charge is 0.170 e. The molecule has 0 bridgehead atoms. The molecule has 0 unspecified atom stereocenters. The molecule has 1 aromatic rings. The van der Waals surface area contributed by atoms with Gasteiger partial charge in [-0.3, -0.25) is 0 Å². The second kappa shape index (κ2) is 4.07. The number of anilines is 1. The summed E-state index contributed by atoms with van der Waals surface area (Å²) < 4.78 is 0. The molecule has 2 nitrogen and oxygen atoms in total. The lowest BCUT2D eigenvalue weighted by Gasteiger charge is -2.08. The van der Waals surface area contributed by atoms with Crippen LogP contribution < -0.4 is 10.6 Å². The first-order valence-corrected chi connectivity index (χ1v) is 4.19. The van der Waals surface area contributed by atoms with Gasteiger partial charge in [-0.2, -0.15) is 0 Å². The number of hydrogen-bond donors (Lipinski definition) is 2. The Morgan fingerprint density at radius 1 is 1.33 bits per heavy atom. The Hall–Kier alpha value is -1.09. The van der Waals surface area contributed by atoms with Crippen molar-refractivity contribution in [3.05, 3.63) is 29.8 Å². The van der Waals surface area contributed by atoms with Crippen LogP contribution in [0.4, 0.5) is 5.69 Å². The van der Waals surface area contributed by atoms with E-state index in [-0.39, 0.29) is 0 Å². The van der Waals surface area contributed by atoms with Crippen LogP contribution in [-0.2, 0) is 0 Å². The molecule has 1 rings (SSSR count). The number of hydrogen-bond acceptors (Lipinski definition) is 1. The number of para-hydroxylation sites is 1. The van der Waals surface area contributed by atoms with E-state index >= 15 is 0 Å². The lowest BCUT2D eigenvalue weighted by molar-refractivity contribution is 1.19. The maximum Gasteiger partial charge on any atom is 0.170 e. The first-order valence-electron chi connectivity index (χ1n) is 3.78. The highest BCUT2D eigenvalue weighted by atomic mass is 32.1. The minimum absolute atomic E-state index is 0.643. The summed E-state index contributed by atoms with van der Waals surface area (Å²) in [5.74, 6) is 0. The van der Waals surface area contributed by atoms with Crippen LogP contribution in [0.25, 0.3) is 0 Å². The summed E-state index contributed by atoms with van der Waals surface area (Å²) in [4.78, 5) is 0. The SMILES string of the molecule is CNC(=S)Nc1ccccc1C. The molecule has 0 atom stereocenters. The van der Waals surface area contributed by atoms with Gasteiger partial charge in [-0.1, -0.05) is 18.2 Å². The minimum atomic E-state index is 0.643. The molecule has 64 valence electrons. The Labute approximate surface area is 78.0 Å². The van der Waals surface area contributed by atoms with E-state index in [9.17, 15) is 0 Å². The minimum Gasteiger partial charge on any atom is -0.366 e. The Kier molecular flexibility index (Phi) is 3.05. The fourth-order valence-corrected chi connectivity index (χ4v) is 1.01. The molecule has 2 N–H and O–H groups in total. The molecule has 0 saturated carbocycles. The molecule has 0 spiro atoms. The van der Waals surface area contributed by atoms with Gasteiger partial charge in [-0.25, -0.2) is 0 Å². The van der Waals surface area contributed by atoms with Crippen LogP contribution in [0.15, 0.2) is 24.3 Å². The van der Waals surface area contributed by atoms with Crippen LogP contribution in [0, 0.1) is 6.92 Å². The van der Waals surface area contributed by atoms with Gasteiger partial charge in [0.25, 0.3) is 0 Å². The van der Waals surface area contributed by atoms with Crippen molar-refractivity contribution in [1.29, 1.82) is 0 Å². The molecule has 0 aromatic heterocycles. The van der Waals surface area contributed by atoms with Crippen molar-refractivity contribution in [3.63, 3.8) is 0 Å². The molecule has 0 aliphatic carbocycles. The summed E-state index contributed by atoms with van der Waals surface area (Å²) in [6, 6.07) is 8.02. The van der Waals surface area contributed by atoms with Crippen LogP contribution in [0.1, 0.15) is 5.56 Å². The maximum atomic E-state index is 4.97. The van der Waals surface area contributed by atoms with Gasteiger partial charge in [-0.05, 0) is 30.8 Å². The van der Waals surface area contributed by atoms with E-state index in [0.717, 1.165) is 5.69 Å². The van der Waals surface area contributed by atoms with Crippen LogP contribution in [-0.4, -0.2) is 12.2 Å². The van der Waals surface area contributed by atoms with Gasteiger partial charge in [-0.15, -0.1) is 0 Å². The lowest BCUT2D eigenvalue weighted by Crippen LogP contribution is -2.24. The highest BCUT2D eigenvalue weighted by molar-refractivity contribution is 7.80. The van der Waals surface area contributed by atoms with Crippen LogP contribution >= 0.6 is 12.2 Å². The molecule has 0 aliphatic heterocycles. The molecule has 0 radical (unpaired) electrons. The van der Waals surface area contributed by atoms with Crippen molar-refractivity contribution in [1.82, 2.24) is 5.32 Å². The Morgan fingerprint density at radius 2 is 2.00 bits per heavy atom. The van der Waals surface area contributed by atoms with Crippen LogP contribution in [0.3, 0.4) is 0 Å². The van der Waals surface area contributed by atoms with Gasteiger partial charge in [0.15, 0.2) is 5.11 Å². The molecule has 3 heteroatoms. The van der Waals surface area contributed by atoms with Gasteiger partial charge in [0.05, 0.1) is 0 Å². The predicted octanol–water partition coefficient (Wildman–Crippen LogP) is 1.91. The average molecular weight is 180 g/mol. The van der Waals surface area contributed by atoms with E-state index in [0.29, 0.717) is 5.11 Å². The zero-order chi connectivity index (χ0) is 8.97. The highest BCUT2D eigenvalue weighted by Gasteiger charge is 1.96. The van der Waals surface area contributed by atoms with Crippen molar-refractivity contribution >= 4 is 23.0 Å². The predicted molar refractivity (Wildman–Crippen MR) is 56.5 cm³/mol. The number of nitrogens with one attached hydrogen (secondary N) is 2. The standard InChI is InChI=1S/C9H12N2S/c1-7-5-3-4-6-8(7)11-9(12)10-2/h3-6H,1-2H3,(H2,10,11,12). The quantitative estimate of drug-likeness (QED) is 0.646. The van der Waals surface area contributed by atoms with E-state index < -0.39 is 0 Å². The molecular weight excluding hydrogens is 168 g/mol. The van der Waals surface area contributed by atoms with Gasteiger partial charge in [0.1, 0.15) is 0 Å². The number of benzene rings is 1. The van der Waals surface area contributed by atoms with Gasteiger partial charge in [0.2, 0.25) is 0 Å². The number of aryl methyl sites for hydroxylation is 1. The van der Waals surface area contributed by atoms with Crippen molar-refractivity contribution in [2.75, 3.05) is 12.4 Å². The molecule has 12 heavy (non-hydrogen) atoms. The van der Waals surface area contributed by atoms with Crippen molar-refractivity contribution < 1.29 is 0 Å². The maximum absolute atomic E-state index is 4.97. The zero-order valence-corrected chi connectivity index (χ0v) is 8.03. The second-order valence-electron chi connectivity index (χ2n) is 2.52. The number of rotatable bonds is 1. The summed E-state index contributed by atoms with van der Waals surface area (Å²) in [5.41, 5.74) is 2.24. The highest BCUT2D eigenvalue weighted by Crippen LogP contribution is 2.12. The van der Waals surface area contributed by atoms with E-state index in [2.05, 4.69) is 10.6 Å². The van der Waals surface area contributed by atoms with E-state index in [4.69, 9.17) is 12.2 Å². The second-order valence-corrected chi connectivity index (χ2v) is 2.93. The summed E-state index contributed by atoms with van der Waals surface area (Å²) in [6.45, 7) is 2.04. The third-order valence-electron chi connectivity index (χ3n) is 1.62. The first kappa shape index (κ1) is 9.00. The Bertz CT molecular complexity index is 284. The van der Waals surface area contributed by atoms with Gasteiger partial charge in [0, 0.05) is 12.7 Å². The fraction of sp³-hybridized carbons (Fsp3) is 0.222. The lowest BCUT2D eigenvalue weighted by atomic mass is 10.2.